The average molecular weight is 235 g/mol. The normalized spacial score (nSPS) is 17.5. The number of hydrogen-bond donors (Lipinski definition) is 1. The highest BCUT2D eigenvalue weighted by atomic mass is 15.3. The van der Waals surface area contributed by atoms with Crippen LogP contribution < -0.4 is 5.32 Å². The van der Waals surface area contributed by atoms with E-state index in [4.69, 9.17) is 0 Å². The summed E-state index contributed by atoms with van der Waals surface area (Å²) in [7, 11) is 4.10. The molecule has 1 heterocycles. The number of nitrogens with one attached hydrogen (secondary N) is 1. The van der Waals surface area contributed by atoms with Gasteiger partial charge in [-0.2, -0.15) is 5.10 Å². The Balaban J connectivity index is 2.04. The molecule has 0 saturated heterocycles. The fourth-order valence-corrected chi connectivity index (χ4v) is 2.97. The van der Waals surface area contributed by atoms with Crippen molar-refractivity contribution in [1.82, 2.24) is 15.1 Å². The Bertz CT molecular complexity index is 337. The molecule has 1 aromatic heterocycles. The van der Waals surface area contributed by atoms with Crippen LogP contribution in [0.4, 0.5) is 0 Å². The fourth-order valence-electron chi connectivity index (χ4n) is 2.97. The minimum absolute atomic E-state index is 0.780. The molecule has 17 heavy (non-hydrogen) atoms. The molecule has 0 radical (unpaired) electrons. The lowest BCUT2D eigenvalue weighted by Crippen LogP contribution is -2.12. The molecule has 0 amide bonds. The van der Waals surface area contributed by atoms with Gasteiger partial charge in [-0.05, 0) is 50.8 Å². The van der Waals surface area contributed by atoms with E-state index in [-0.39, 0.29) is 0 Å². The van der Waals surface area contributed by atoms with Gasteiger partial charge in [-0.3, -0.25) is 4.68 Å². The zero-order chi connectivity index (χ0) is 12.1. The molecule has 0 unspecified atom stereocenters. The summed E-state index contributed by atoms with van der Waals surface area (Å²) in [5, 5.41) is 7.69. The highest BCUT2D eigenvalue weighted by Crippen LogP contribution is 2.34. The first-order valence-electron chi connectivity index (χ1n) is 6.98. The summed E-state index contributed by atoms with van der Waals surface area (Å²) in [6, 6.07) is 0. The van der Waals surface area contributed by atoms with Crippen LogP contribution in [0, 0.1) is 0 Å². The van der Waals surface area contributed by atoms with E-state index in [1.807, 2.05) is 7.05 Å². The van der Waals surface area contributed by atoms with E-state index in [0.717, 1.165) is 18.9 Å². The summed E-state index contributed by atoms with van der Waals surface area (Å²) in [6.45, 7) is 1.09. The van der Waals surface area contributed by atoms with Crippen molar-refractivity contribution in [3.63, 3.8) is 0 Å². The molecule has 0 aliphatic heterocycles. The van der Waals surface area contributed by atoms with Gasteiger partial charge in [0, 0.05) is 12.7 Å². The van der Waals surface area contributed by atoms with Crippen molar-refractivity contribution in [3.05, 3.63) is 17.5 Å². The van der Waals surface area contributed by atoms with Crippen molar-refractivity contribution < 1.29 is 0 Å². The molecule has 1 aliphatic carbocycles. The highest BCUT2D eigenvalue weighted by molar-refractivity contribution is 5.23. The maximum atomic E-state index is 4.47. The number of nitrogens with zero attached hydrogens (tertiary/aromatic N) is 2. The predicted octanol–water partition coefficient (Wildman–Crippen LogP) is 2.62. The smallest absolute Gasteiger partial charge is 0.0527 e. The summed E-state index contributed by atoms with van der Waals surface area (Å²) in [6.07, 6.45) is 11.4. The van der Waals surface area contributed by atoms with Crippen LogP contribution in [-0.2, 0) is 13.5 Å². The van der Waals surface area contributed by atoms with Crippen molar-refractivity contribution >= 4 is 0 Å². The summed E-state index contributed by atoms with van der Waals surface area (Å²) in [5.41, 5.74) is 3.00. The maximum Gasteiger partial charge on any atom is 0.0527 e. The van der Waals surface area contributed by atoms with Gasteiger partial charge in [0.2, 0.25) is 0 Å². The average Bonchev–Trinajstić information content (AvgIpc) is 2.73. The van der Waals surface area contributed by atoms with Crippen LogP contribution in [0.2, 0.25) is 0 Å². The van der Waals surface area contributed by atoms with Crippen LogP contribution in [0.25, 0.3) is 0 Å². The zero-order valence-electron chi connectivity index (χ0n) is 11.2. The summed E-state index contributed by atoms with van der Waals surface area (Å²) in [4.78, 5) is 0. The third-order valence-electron chi connectivity index (χ3n) is 3.98. The van der Waals surface area contributed by atoms with Gasteiger partial charge in [-0.15, -0.1) is 0 Å². The highest BCUT2D eigenvalue weighted by Gasteiger charge is 2.20. The first-order valence-corrected chi connectivity index (χ1v) is 6.98. The Hall–Kier alpha value is -0.830. The topological polar surface area (TPSA) is 29.9 Å². The van der Waals surface area contributed by atoms with E-state index >= 15 is 0 Å². The number of rotatable bonds is 5. The third-order valence-corrected chi connectivity index (χ3v) is 3.98. The molecule has 0 atom stereocenters. The molecule has 3 nitrogen and oxygen atoms in total. The van der Waals surface area contributed by atoms with Gasteiger partial charge in [0.1, 0.15) is 0 Å². The Kier molecular flexibility index (Phi) is 4.60. The first-order chi connectivity index (χ1) is 8.33. The molecule has 2 rings (SSSR count). The molecule has 0 bridgehead atoms. The number of aromatic nitrogens is 2. The second-order valence-corrected chi connectivity index (χ2v) is 5.21. The standard InChI is InChI=1S/C14H25N3/c1-15-10-6-9-14-13(11-16-17(14)2)12-7-4-3-5-8-12/h11-12,15H,3-10H2,1-2H3. The lowest BCUT2D eigenvalue weighted by Gasteiger charge is -2.22. The number of hydrogen-bond acceptors (Lipinski definition) is 2. The monoisotopic (exact) mass is 235 g/mol. The van der Waals surface area contributed by atoms with Crippen LogP contribution >= 0.6 is 0 Å². The van der Waals surface area contributed by atoms with E-state index in [0.29, 0.717) is 0 Å². The molecule has 0 spiro atoms. The molecule has 1 aromatic rings. The van der Waals surface area contributed by atoms with Crippen molar-refractivity contribution in [2.24, 2.45) is 7.05 Å². The van der Waals surface area contributed by atoms with E-state index < -0.39 is 0 Å². The van der Waals surface area contributed by atoms with Gasteiger partial charge in [0.05, 0.1) is 6.20 Å². The van der Waals surface area contributed by atoms with Crippen LogP contribution in [0.5, 0.6) is 0 Å². The molecule has 1 saturated carbocycles. The molecule has 96 valence electrons. The third kappa shape index (κ3) is 3.09. The van der Waals surface area contributed by atoms with Crippen LogP contribution in [0.15, 0.2) is 6.20 Å². The van der Waals surface area contributed by atoms with E-state index in [1.54, 1.807) is 0 Å². The van der Waals surface area contributed by atoms with E-state index in [2.05, 4.69) is 28.3 Å². The van der Waals surface area contributed by atoms with Gasteiger partial charge in [0.25, 0.3) is 0 Å². The molecule has 1 N–H and O–H groups in total. The summed E-state index contributed by atoms with van der Waals surface area (Å²) >= 11 is 0. The molecular weight excluding hydrogens is 210 g/mol. The molecular formula is C14H25N3. The van der Waals surface area contributed by atoms with Crippen LogP contribution in [0.3, 0.4) is 0 Å². The lowest BCUT2D eigenvalue weighted by atomic mass is 9.84. The van der Waals surface area contributed by atoms with Gasteiger partial charge >= 0.3 is 0 Å². The Morgan fingerprint density at radius 2 is 2.12 bits per heavy atom. The fraction of sp³-hybridized carbons (Fsp3) is 0.786. The number of aryl methyl sites for hydroxylation is 1. The lowest BCUT2D eigenvalue weighted by molar-refractivity contribution is 0.440. The zero-order valence-corrected chi connectivity index (χ0v) is 11.2. The molecule has 0 aromatic carbocycles. The minimum atomic E-state index is 0.780. The van der Waals surface area contributed by atoms with Gasteiger partial charge in [0.15, 0.2) is 0 Å². The predicted molar refractivity (Wildman–Crippen MR) is 71.3 cm³/mol. The van der Waals surface area contributed by atoms with Crippen molar-refractivity contribution in [1.29, 1.82) is 0 Å². The van der Waals surface area contributed by atoms with Crippen molar-refractivity contribution in [2.75, 3.05) is 13.6 Å². The largest absolute Gasteiger partial charge is 0.320 e. The Morgan fingerprint density at radius 3 is 2.82 bits per heavy atom. The Labute approximate surface area is 105 Å². The van der Waals surface area contributed by atoms with E-state index in [9.17, 15) is 0 Å². The SMILES string of the molecule is CNCCCc1c(C2CCCCC2)cnn1C. The molecule has 1 fully saturated rings. The van der Waals surface area contributed by atoms with Crippen LogP contribution in [-0.4, -0.2) is 23.4 Å². The van der Waals surface area contributed by atoms with Gasteiger partial charge in [-0.1, -0.05) is 19.3 Å². The molecule has 3 heteroatoms. The van der Waals surface area contributed by atoms with E-state index in [1.165, 1.54) is 49.8 Å². The first kappa shape index (κ1) is 12.6. The van der Waals surface area contributed by atoms with Gasteiger partial charge in [-0.25, -0.2) is 0 Å². The quantitative estimate of drug-likeness (QED) is 0.795. The second-order valence-electron chi connectivity index (χ2n) is 5.21. The second kappa shape index (κ2) is 6.20. The molecule has 1 aliphatic rings. The summed E-state index contributed by atoms with van der Waals surface area (Å²) in [5.74, 6) is 0.780. The van der Waals surface area contributed by atoms with Crippen molar-refractivity contribution in [3.8, 4) is 0 Å². The Morgan fingerprint density at radius 1 is 1.35 bits per heavy atom. The minimum Gasteiger partial charge on any atom is -0.320 e. The summed E-state index contributed by atoms with van der Waals surface area (Å²) < 4.78 is 2.08. The maximum absolute atomic E-state index is 4.47. The van der Waals surface area contributed by atoms with Crippen molar-refractivity contribution in [2.45, 2.75) is 50.9 Å². The van der Waals surface area contributed by atoms with Crippen LogP contribution in [0.1, 0.15) is 55.7 Å². The van der Waals surface area contributed by atoms with Gasteiger partial charge < -0.3 is 5.32 Å².